The fraction of sp³-hybridized carbons (Fsp3) is 0.133. The maximum absolute atomic E-state index is 12.2. The number of hydrogen-bond acceptors (Lipinski definition) is 4. The Morgan fingerprint density at radius 2 is 1.62 bits per heavy atom. The topological polar surface area (TPSA) is 67.8 Å². The van der Waals surface area contributed by atoms with Crippen LogP contribution in [0.4, 0.5) is 0 Å². The van der Waals surface area contributed by atoms with Gasteiger partial charge in [0.2, 0.25) is 0 Å². The van der Waals surface area contributed by atoms with Crippen molar-refractivity contribution in [2.24, 2.45) is 4.99 Å². The molecule has 1 unspecified atom stereocenters. The molecule has 1 aliphatic heterocycles. The Balaban J connectivity index is 1.77. The van der Waals surface area contributed by atoms with Gasteiger partial charge in [0.1, 0.15) is 12.6 Å². The first-order valence-electron chi connectivity index (χ1n) is 6.48. The van der Waals surface area contributed by atoms with Crippen molar-refractivity contribution < 1.29 is 13.2 Å². The van der Waals surface area contributed by atoms with Gasteiger partial charge in [-0.25, -0.2) is 18.1 Å². The molecule has 6 heteroatoms. The number of rotatable bonds is 3. The van der Waals surface area contributed by atoms with Gasteiger partial charge in [0, 0.05) is 0 Å². The Kier molecular flexibility index (Phi) is 3.62. The summed E-state index contributed by atoms with van der Waals surface area (Å²) in [6, 6.07) is 17.6. The lowest BCUT2D eigenvalue weighted by Gasteiger charge is -2.06. The van der Waals surface area contributed by atoms with Crippen LogP contribution >= 0.6 is 0 Å². The molecule has 0 amide bonds. The van der Waals surface area contributed by atoms with Crippen LogP contribution in [0.1, 0.15) is 11.6 Å². The van der Waals surface area contributed by atoms with Gasteiger partial charge in [-0.3, -0.25) is 0 Å². The van der Waals surface area contributed by atoms with Crippen molar-refractivity contribution in [1.29, 1.82) is 0 Å². The molecular formula is C15H14N2O3S. The van der Waals surface area contributed by atoms with E-state index < -0.39 is 10.0 Å². The third kappa shape index (κ3) is 3.05. The lowest BCUT2D eigenvalue weighted by molar-refractivity contribution is 0.311. The largest absolute Gasteiger partial charge is 0.462 e. The van der Waals surface area contributed by atoms with Crippen LogP contribution in [0.5, 0.6) is 0 Å². The summed E-state index contributed by atoms with van der Waals surface area (Å²) >= 11 is 0. The molecule has 0 spiro atoms. The summed E-state index contributed by atoms with van der Waals surface area (Å²) in [6.07, 6.45) is 0. The molecule has 0 saturated carbocycles. The zero-order chi connectivity index (χ0) is 14.7. The van der Waals surface area contributed by atoms with Gasteiger partial charge in [0.15, 0.2) is 0 Å². The van der Waals surface area contributed by atoms with Crippen molar-refractivity contribution in [3.8, 4) is 0 Å². The van der Waals surface area contributed by atoms with Crippen LogP contribution in [0.25, 0.3) is 0 Å². The first-order valence-corrected chi connectivity index (χ1v) is 7.97. The summed E-state index contributed by atoms with van der Waals surface area (Å²) in [7, 11) is -3.66. The smallest absolute Gasteiger partial charge is 0.299 e. The molecule has 0 saturated heterocycles. The average molecular weight is 302 g/mol. The molecule has 108 valence electrons. The summed E-state index contributed by atoms with van der Waals surface area (Å²) in [5.74, 6) is 0. The van der Waals surface area contributed by atoms with Crippen molar-refractivity contribution >= 4 is 16.0 Å². The van der Waals surface area contributed by atoms with Crippen LogP contribution < -0.4 is 4.72 Å². The van der Waals surface area contributed by atoms with Gasteiger partial charge in [-0.2, -0.15) is 0 Å². The summed E-state index contributed by atoms with van der Waals surface area (Å²) in [4.78, 5) is 4.45. The van der Waals surface area contributed by atoms with Crippen molar-refractivity contribution in [1.82, 2.24) is 4.72 Å². The number of sulfonamides is 1. The van der Waals surface area contributed by atoms with E-state index in [-0.39, 0.29) is 17.0 Å². The van der Waals surface area contributed by atoms with E-state index in [9.17, 15) is 8.42 Å². The molecule has 0 bridgehead atoms. The second-order valence-electron chi connectivity index (χ2n) is 4.59. The minimum Gasteiger partial charge on any atom is -0.462 e. The summed E-state index contributed by atoms with van der Waals surface area (Å²) in [5.41, 5.74) is 0.992. The molecule has 1 aliphatic rings. The Morgan fingerprint density at radius 1 is 1.00 bits per heavy atom. The highest BCUT2D eigenvalue weighted by Gasteiger charge is 2.24. The molecule has 21 heavy (non-hydrogen) atoms. The normalized spacial score (nSPS) is 17.9. The van der Waals surface area contributed by atoms with Crippen LogP contribution in [0.3, 0.4) is 0 Å². The Bertz CT molecular complexity index is 743. The van der Waals surface area contributed by atoms with Crippen molar-refractivity contribution in [2.45, 2.75) is 10.9 Å². The SMILES string of the molecule is O=S(=O)(NC1=NC(c2ccccc2)CO1)c1ccccc1. The number of nitrogens with zero attached hydrogens (tertiary/aromatic N) is 1. The van der Waals surface area contributed by atoms with Gasteiger partial charge in [-0.1, -0.05) is 48.5 Å². The monoisotopic (exact) mass is 302 g/mol. The molecule has 1 atom stereocenters. The van der Waals surface area contributed by atoms with Gasteiger partial charge in [-0.15, -0.1) is 0 Å². The van der Waals surface area contributed by atoms with Gasteiger partial charge in [0.25, 0.3) is 16.0 Å². The predicted octanol–water partition coefficient (Wildman–Crippen LogP) is 2.09. The Morgan fingerprint density at radius 3 is 2.29 bits per heavy atom. The highest BCUT2D eigenvalue weighted by Crippen LogP contribution is 2.22. The van der Waals surface area contributed by atoms with Crippen LogP contribution in [-0.4, -0.2) is 21.0 Å². The van der Waals surface area contributed by atoms with Crippen molar-refractivity contribution in [2.75, 3.05) is 6.61 Å². The molecule has 1 heterocycles. The molecular weight excluding hydrogens is 288 g/mol. The highest BCUT2D eigenvalue weighted by atomic mass is 32.2. The lowest BCUT2D eigenvalue weighted by atomic mass is 10.1. The summed E-state index contributed by atoms with van der Waals surface area (Å²) < 4.78 is 32.0. The number of ether oxygens (including phenoxy) is 1. The second-order valence-corrected chi connectivity index (χ2v) is 6.27. The first-order chi connectivity index (χ1) is 10.1. The number of aliphatic imine (C=N–C) groups is 1. The maximum Gasteiger partial charge on any atom is 0.299 e. The fourth-order valence-corrected chi connectivity index (χ4v) is 3.02. The molecule has 0 aromatic heterocycles. The first kappa shape index (κ1) is 13.6. The van der Waals surface area contributed by atoms with E-state index in [2.05, 4.69) is 9.71 Å². The van der Waals surface area contributed by atoms with E-state index in [0.717, 1.165) is 5.56 Å². The summed E-state index contributed by atoms with van der Waals surface area (Å²) in [5, 5.41) is 0. The minimum atomic E-state index is -3.66. The number of hydrogen-bond donors (Lipinski definition) is 1. The van der Waals surface area contributed by atoms with Crippen molar-refractivity contribution in [3.63, 3.8) is 0 Å². The van der Waals surface area contributed by atoms with Crippen molar-refractivity contribution in [3.05, 3.63) is 66.2 Å². The third-order valence-electron chi connectivity index (χ3n) is 3.11. The maximum atomic E-state index is 12.2. The second kappa shape index (κ2) is 5.57. The van der Waals surface area contributed by atoms with Crippen LogP contribution in [0.2, 0.25) is 0 Å². The zero-order valence-electron chi connectivity index (χ0n) is 11.1. The van der Waals surface area contributed by atoms with Gasteiger partial charge < -0.3 is 4.74 Å². The van der Waals surface area contributed by atoms with E-state index in [1.165, 1.54) is 12.1 Å². The molecule has 2 aromatic rings. The van der Waals surface area contributed by atoms with Gasteiger partial charge >= 0.3 is 0 Å². The van der Waals surface area contributed by atoms with Crippen LogP contribution in [0, 0.1) is 0 Å². The average Bonchev–Trinajstić information content (AvgIpc) is 2.97. The molecule has 5 nitrogen and oxygen atoms in total. The van der Waals surface area contributed by atoms with E-state index in [1.807, 2.05) is 30.3 Å². The highest BCUT2D eigenvalue weighted by molar-refractivity contribution is 7.90. The number of benzene rings is 2. The van der Waals surface area contributed by atoms with E-state index in [0.29, 0.717) is 6.61 Å². The predicted molar refractivity (Wildman–Crippen MR) is 79.3 cm³/mol. The van der Waals surface area contributed by atoms with E-state index in [4.69, 9.17) is 4.74 Å². The summed E-state index contributed by atoms with van der Waals surface area (Å²) in [6.45, 7) is 0.330. The molecule has 0 radical (unpaired) electrons. The fourth-order valence-electron chi connectivity index (χ4n) is 2.05. The molecule has 3 rings (SSSR count). The molecule has 1 N–H and O–H groups in total. The Labute approximate surface area is 123 Å². The Hall–Kier alpha value is -2.34. The third-order valence-corrected chi connectivity index (χ3v) is 4.45. The van der Waals surface area contributed by atoms with Gasteiger partial charge in [0.05, 0.1) is 4.90 Å². The molecule has 0 aliphatic carbocycles. The number of nitrogens with one attached hydrogen (secondary N) is 1. The minimum absolute atomic E-state index is 0.0349. The van der Waals surface area contributed by atoms with Crippen LogP contribution in [-0.2, 0) is 14.8 Å². The van der Waals surface area contributed by atoms with Gasteiger partial charge in [-0.05, 0) is 17.7 Å². The zero-order valence-corrected chi connectivity index (χ0v) is 12.0. The molecule has 0 fully saturated rings. The molecule has 2 aromatic carbocycles. The van der Waals surface area contributed by atoms with E-state index >= 15 is 0 Å². The number of amidine groups is 1. The lowest BCUT2D eigenvalue weighted by Crippen LogP contribution is -2.30. The van der Waals surface area contributed by atoms with E-state index in [1.54, 1.807) is 18.2 Å². The van der Waals surface area contributed by atoms with Crippen LogP contribution in [0.15, 0.2) is 70.6 Å². The standard InChI is InChI=1S/C15H14N2O3S/c18-21(19,13-9-5-2-6-10-13)17-15-16-14(11-20-15)12-7-3-1-4-8-12/h1-10,14H,11H2,(H,16,17). The quantitative estimate of drug-likeness (QED) is 0.944.